The predicted molar refractivity (Wildman–Crippen MR) is 69.3 cm³/mol. The number of nitrogens with zero attached hydrogens (tertiary/aromatic N) is 2. The van der Waals surface area contributed by atoms with Gasteiger partial charge in [0.05, 0.1) is 0 Å². The maximum absolute atomic E-state index is 12.0. The molecule has 0 aliphatic carbocycles. The van der Waals surface area contributed by atoms with Gasteiger partial charge < -0.3 is 15.3 Å². The molecule has 0 aromatic carbocycles. The van der Waals surface area contributed by atoms with Crippen LogP contribution in [-0.2, 0) is 9.59 Å². The van der Waals surface area contributed by atoms with Gasteiger partial charge in [0.15, 0.2) is 0 Å². The highest BCUT2D eigenvalue weighted by Gasteiger charge is 2.26. The highest BCUT2D eigenvalue weighted by Crippen LogP contribution is 2.19. The molecule has 1 saturated heterocycles. The number of hydrogen-bond acceptors (Lipinski definition) is 4. The fourth-order valence-corrected chi connectivity index (χ4v) is 2.17. The number of aromatic nitrogens is 1. The molecule has 1 aliphatic heterocycles. The minimum atomic E-state index is -0.464. The number of aliphatic hydroxyl groups is 1. The lowest BCUT2D eigenvalue weighted by Gasteiger charge is -2.30. The van der Waals surface area contributed by atoms with Gasteiger partial charge in [-0.1, -0.05) is 0 Å². The molecule has 19 heavy (non-hydrogen) atoms. The Kier molecular flexibility index (Phi) is 4.46. The number of likely N-dealkylation sites (tertiary alicyclic amines) is 1. The number of piperidine rings is 1. The van der Waals surface area contributed by atoms with Crippen LogP contribution >= 0.6 is 0 Å². The molecule has 2 rings (SSSR count). The molecule has 2 heterocycles. The number of carbonyl (C=O) groups excluding carboxylic acids is 2. The van der Waals surface area contributed by atoms with Crippen LogP contribution in [0.4, 0.5) is 5.69 Å². The zero-order chi connectivity index (χ0) is 13.7. The van der Waals surface area contributed by atoms with Crippen molar-refractivity contribution in [2.24, 2.45) is 5.92 Å². The lowest BCUT2D eigenvalue weighted by molar-refractivity contribution is -0.137. The molecule has 1 aliphatic rings. The van der Waals surface area contributed by atoms with Crippen molar-refractivity contribution in [3.63, 3.8) is 0 Å². The van der Waals surface area contributed by atoms with Gasteiger partial charge in [0, 0.05) is 37.1 Å². The van der Waals surface area contributed by atoms with Crippen molar-refractivity contribution in [1.82, 2.24) is 9.88 Å². The van der Waals surface area contributed by atoms with Gasteiger partial charge in [-0.2, -0.15) is 0 Å². The van der Waals surface area contributed by atoms with E-state index in [-0.39, 0.29) is 17.7 Å². The Balaban J connectivity index is 1.84. The molecule has 1 aromatic heterocycles. The van der Waals surface area contributed by atoms with Crippen molar-refractivity contribution in [1.29, 1.82) is 0 Å². The number of aliphatic hydroxyl groups excluding tert-OH is 1. The number of carbonyl (C=O) groups is 2. The van der Waals surface area contributed by atoms with Gasteiger partial charge in [-0.05, 0) is 25.0 Å². The van der Waals surface area contributed by atoms with Crippen molar-refractivity contribution >= 4 is 17.5 Å². The third-order valence-corrected chi connectivity index (χ3v) is 3.30. The van der Waals surface area contributed by atoms with Crippen LogP contribution in [0.2, 0.25) is 0 Å². The number of nitrogens with one attached hydrogen (secondary N) is 1. The molecule has 0 atom stereocenters. The molecule has 1 fully saturated rings. The standard InChI is InChI=1S/C13H17N3O3/c17-9-12(18)16-7-3-10(4-8-16)13(19)15-11-1-5-14-6-2-11/h1-2,5-6,10,17H,3-4,7-9H2,(H,14,15,19). The molecular weight excluding hydrogens is 246 g/mol. The van der Waals surface area contributed by atoms with Crippen LogP contribution in [0.3, 0.4) is 0 Å². The maximum atomic E-state index is 12.0. The summed E-state index contributed by atoms with van der Waals surface area (Å²) in [7, 11) is 0. The van der Waals surface area contributed by atoms with E-state index in [9.17, 15) is 9.59 Å². The monoisotopic (exact) mass is 263 g/mol. The number of rotatable bonds is 3. The largest absolute Gasteiger partial charge is 0.387 e. The van der Waals surface area contributed by atoms with Crippen molar-refractivity contribution in [2.75, 3.05) is 25.0 Å². The first kappa shape index (κ1) is 13.5. The first-order valence-corrected chi connectivity index (χ1v) is 6.30. The van der Waals surface area contributed by atoms with E-state index in [1.165, 1.54) is 0 Å². The topological polar surface area (TPSA) is 82.5 Å². The van der Waals surface area contributed by atoms with E-state index in [2.05, 4.69) is 10.3 Å². The molecule has 2 amide bonds. The fraction of sp³-hybridized carbons (Fsp3) is 0.462. The summed E-state index contributed by atoms with van der Waals surface area (Å²) in [5.74, 6) is -0.383. The van der Waals surface area contributed by atoms with E-state index in [4.69, 9.17) is 5.11 Å². The zero-order valence-electron chi connectivity index (χ0n) is 10.6. The van der Waals surface area contributed by atoms with E-state index < -0.39 is 6.61 Å². The number of amides is 2. The summed E-state index contributed by atoms with van der Waals surface area (Å²) in [6.45, 7) is 0.579. The first-order chi connectivity index (χ1) is 9.20. The minimum Gasteiger partial charge on any atom is -0.387 e. The van der Waals surface area contributed by atoms with E-state index in [1.54, 1.807) is 29.4 Å². The summed E-state index contributed by atoms with van der Waals surface area (Å²) in [5, 5.41) is 11.6. The first-order valence-electron chi connectivity index (χ1n) is 6.30. The lowest BCUT2D eigenvalue weighted by Crippen LogP contribution is -2.42. The molecule has 2 N–H and O–H groups in total. The second kappa shape index (κ2) is 6.29. The van der Waals surface area contributed by atoms with Crippen LogP contribution in [0.5, 0.6) is 0 Å². The fourth-order valence-electron chi connectivity index (χ4n) is 2.17. The molecule has 0 unspecified atom stereocenters. The van der Waals surface area contributed by atoms with Gasteiger partial charge in [-0.15, -0.1) is 0 Å². The molecule has 0 radical (unpaired) electrons. The summed E-state index contributed by atoms with van der Waals surface area (Å²) in [6, 6.07) is 3.48. The third kappa shape index (κ3) is 3.51. The summed E-state index contributed by atoms with van der Waals surface area (Å²) in [5.41, 5.74) is 0.730. The van der Waals surface area contributed by atoms with Gasteiger partial charge in [0.25, 0.3) is 0 Å². The van der Waals surface area contributed by atoms with Crippen molar-refractivity contribution in [3.8, 4) is 0 Å². The highest BCUT2D eigenvalue weighted by molar-refractivity contribution is 5.92. The van der Waals surface area contributed by atoms with Crippen LogP contribution < -0.4 is 5.32 Å². The zero-order valence-corrected chi connectivity index (χ0v) is 10.6. The predicted octanol–water partition coefficient (Wildman–Crippen LogP) is 0.251. The van der Waals surface area contributed by atoms with Crippen LogP contribution in [0, 0.1) is 5.92 Å². The molecule has 0 saturated carbocycles. The minimum absolute atomic E-state index is 0.0257. The number of anilines is 1. The Hall–Kier alpha value is -1.95. The Morgan fingerprint density at radius 1 is 1.32 bits per heavy atom. The summed E-state index contributed by atoms with van der Waals surface area (Å²) in [4.78, 5) is 28.8. The smallest absolute Gasteiger partial charge is 0.248 e. The van der Waals surface area contributed by atoms with Crippen molar-refractivity contribution in [2.45, 2.75) is 12.8 Å². The third-order valence-electron chi connectivity index (χ3n) is 3.30. The number of hydrogen-bond donors (Lipinski definition) is 2. The van der Waals surface area contributed by atoms with E-state index in [1.807, 2.05) is 0 Å². The Bertz CT molecular complexity index is 442. The SMILES string of the molecule is O=C(Nc1ccncc1)C1CCN(C(=O)CO)CC1. The Morgan fingerprint density at radius 3 is 2.53 bits per heavy atom. The van der Waals surface area contributed by atoms with E-state index >= 15 is 0 Å². The molecule has 0 bridgehead atoms. The van der Waals surface area contributed by atoms with Crippen molar-refractivity contribution in [3.05, 3.63) is 24.5 Å². The van der Waals surface area contributed by atoms with E-state index in [0.29, 0.717) is 25.9 Å². The Morgan fingerprint density at radius 2 is 1.95 bits per heavy atom. The van der Waals surface area contributed by atoms with Crippen LogP contribution in [0.1, 0.15) is 12.8 Å². The average molecular weight is 263 g/mol. The normalized spacial score (nSPS) is 16.2. The highest BCUT2D eigenvalue weighted by atomic mass is 16.3. The van der Waals surface area contributed by atoms with Crippen LogP contribution in [0.25, 0.3) is 0 Å². The molecule has 6 heteroatoms. The molecule has 0 spiro atoms. The lowest BCUT2D eigenvalue weighted by atomic mass is 9.96. The molecule has 6 nitrogen and oxygen atoms in total. The molecule has 1 aromatic rings. The van der Waals surface area contributed by atoms with Gasteiger partial charge >= 0.3 is 0 Å². The second-order valence-corrected chi connectivity index (χ2v) is 4.54. The van der Waals surface area contributed by atoms with Crippen molar-refractivity contribution < 1.29 is 14.7 Å². The quantitative estimate of drug-likeness (QED) is 0.819. The van der Waals surface area contributed by atoms with Gasteiger partial charge in [0.2, 0.25) is 11.8 Å². The summed E-state index contributed by atoms with van der Waals surface area (Å²) in [6.07, 6.45) is 4.50. The van der Waals surface area contributed by atoms with Gasteiger partial charge in [-0.3, -0.25) is 14.6 Å². The van der Waals surface area contributed by atoms with Crippen LogP contribution in [-0.4, -0.2) is 46.5 Å². The number of pyridine rings is 1. The Labute approximate surface area is 111 Å². The summed E-state index contributed by atoms with van der Waals surface area (Å²) >= 11 is 0. The average Bonchev–Trinajstić information content (AvgIpc) is 2.47. The maximum Gasteiger partial charge on any atom is 0.248 e. The second-order valence-electron chi connectivity index (χ2n) is 4.54. The van der Waals surface area contributed by atoms with Gasteiger partial charge in [0.1, 0.15) is 6.61 Å². The molecular formula is C13H17N3O3. The molecule has 102 valence electrons. The van der Waals surface area contributed by atoms with Crippen LogP contribution in [0.15, 0.2) is 24.5 Å². The summed E-state index contributed by atoms with van der Waals surface area (Å²) < 4.78 is 0. The van der Waals surface area contributed by atoms with Gasteiger partial charge in [-0.25, -0.2) is 0 Å². The van der Waals surface area contributed by atoms with E-state index in [0.717, 1.165) is 5.69 Å².